The standard InChI is InChI=1S/C9H13N5O/c1-14-9(11-12-13-14)6-3-4-7(10)8(5-6)15-2/h3-5,12-13H,10H2,1-2H3. The molecule has 1 heterocycles. The monoisotopic (exact) mass is 207 g/mol. The van der Waals surface area contributed by atoms with Crippen LogP contribution in [0.2, 0.25) is 0 Å². The second-order valence-electron chi connectivity index (χ2n) is 3.17. The molecular formula is C9H13N5O. The fourth-order valence-electron chi connectivity index (χ4n) is 1.39. The Morgan fingerprint density at radius 3 is 2.87 bits per heavy atom. The predicted molar refractivity (Wildman–Crippen MR) is 58.0 cm³/mol. The van der Waals surface area contributed by atoms with Gasteiger partial charge in [0, 0.05) is 12.6 Å². The Morgan fingerprint density at radius 1 is 1.47 bits per heavy atom. The first-order valence-corrected chi connectivity index (χ1v) is 4.48. The molecule has 1 aliphatic heterocycles. The molecule has 0 atom stereocenters. The molecule has 1 aromatic rings. The van der Waals surface area contributed by atoms with Gasteiger partial charge in [-0.3, -0.25) is 5.01 Å². The quantitative estimate of drug-likeness (QED) is 0.590. The van der Waals surface area contributed by atoms with E-state index in [9.17, 15) is 0 Å². The summed E-state index contributed by atoms with van der Waals surface area (Å²) in [5.41, 5.74) is 12.8. The number of hydrazone groups is 1. The Kier molecular flexibility index (Phi) is 2.34. The molecule has 1 aromatic carbocycles. The smallest absolute Gasteiger partial charge is 0.172 e. The van der Waals surface area contributed by atoms with E-state index in [1.54, 1.807) is 18.2 Å². The number of amidine groups is 1. The molecule has 0 spiro atoms. The van der Waals surface area contributed by atoms with Crippen LogP contribution in [0, 0.1) is 0 Å². The molecule has 0 saturated carbocycles. The summed E-state index contributed by atoms with van der Waals surface area (Å²) < 4.78 is 5.14. The highest BCUT2D eigenvalue weighted by Gasteiger charge is 2.15. The molecule has 0 bridgehead atoms. The van der Waals surface area contributed by atoms with Gasteiger partial charge in [-0.25, -0.2) is 5.53 Å². The van der Waals surface area contributed by atoms with E-state index in [4.69, 9.17) is 10.5 Å². The molecule has 1 aliphatic rings. The van der Waals surface area contributed by atoms with E-state index in [2.05, 4.69) is 16.2 Å². The van der Waals surface area contributed by atoms with Gasteiger partial charge in [-0.1, -0.05) is 0 Å². The van der Waals surface area contributed by atoms with E-state index < -0.39 is 0 Å². The van der Waals surface area contributed by atoms with Crippen molar-refractivity contribution in [2.24, 2.45) is 5.10 Å². The van der Waals surface area contributed by atoms with Crippen LogP contribution in [-0.2, 0) is 0 Å². The second-order valence-corrected chi connectivity index (χ2v) is 3.17. The number of hydrogen-bond donors (Lipinski definition) is 3. The predicted octanol–water partition coefficient (Wildman–Crippen LogP) is -0.106. The summed E-state index contributed by atoms with van der Waals surface area (Å²) in [6.07, 6.45) is 0. The van der Waals surface area contributed by atoms with Gasteiger partial charge in [-0.05, 0) is 18.2 Å². The van der Waals surface area contributed by atoms with Crippen LogP contribution in [0.3, 0.4) is 0 Å². The summed E-state index contributed by atoms with van der Waals surface area (Å²) in [4.78, 5) is 0. The number of rotatable bonds is 2. The van der Waals surface area contributed by atoms with Crippen molar-refractivity contribution in [1.82, 2.24) is 16.1 Å². The summed E-state index contributed by atoms with van der Waals surface area (Å²) in [7, 11) is 3.45. The van der Waals surface area contributed by atoms with Crippen molar-refractivity contribution in [3.63, 3.8) is 0 Å². The first kappa shape index (κ1) is 9.60. The molecule has 0 fully saturated rings. The summed E-state index contributed by atoms with van der Waals surface area (Å²) in [5.74, 6) is 1.43. The van der Waals surface area contributed by atoms with Crippen molar-refractivity contribution in [2.75, 3.05) is 19.9 Å². The third-order valence-corrected chi connectivity index (χ3v) is 2.19. The zero-order valence-corrected chi connectivity index (χ0v) is 8.61. The minimum atomic E-state index is 0.614. The van der Waals surface area contributed by atoms with Crippen LogP contribution in [0.1, 0.15) is 5.56 Å². The van der Waals surface area contributed by atoms with Crippen molar-refractivity contribution in [1.29, 1.82) is 0 Å². The van der Waals surface area contributed by atoms with Gasteiger partial charge in [0.2, 0.25) is 0 Å². The number of hydrazine groups is 2. The molecule has 0 saturated heterocycles. The fourth-order valence-corrected chi connectivity index (χ4v) is 1.39. The molecule has 6 nitrogen and oxygen atoms in total. The van der Waals surface area contributed by atoms with Crippen molar-refractivity contribution in [3.8, 4) is 5.75 Å². The summed E-state index contributed by atoms with van der Waals surface area (Å²) >= 11 is 0. The van der Waals surface area contributed by atoms with Gasteiger partial charge < -0.3 is 10.5 Å². The third kappa shape index (κ3) is 1.66. The van der Waals surface area contributed by atoms with Crippen LogP contribution in [0.15, 0.2) is 23.3 Å². The molecular weight excluding hydrogens is 194 g/mol. The number of nitrogen functional groups attached to an aromatic ring is 1. The summed E-state index contributed by atoms with van der Waals surface area (Å²) in [6, 6.07) is 5.53. The normalized spacial score (nSPS) is 14.8. The lowest BCUT2D eigenvalue weighted by molar-refractivity contribution is 0.349. The summed E-state index contributed by atoms with van der Waals surface area (Å²) in [6.45, 7) is 0. The minimum Gasteiger partial charge on any atom is -0.495 e. The number of methoxy groups -OCH3 is 1. The van der Waals surface area contributed by atoms with Crippen molar-refractivity contribution in [3.05, 3.63) is 23.8 Å². The van der Waals surface area contributed by atoms with Gasteiger partial charge in [0.15, 0.2) is 5.84 Å². The lowest BCUT2D eigenvalue weighted by Crippen LogP contribution is -2.37. The molecule has 0 amide bonds. The Balaban J connectivity index is 2.37. The Hall–Kier alpha value is -1.95. The third-order valence-electron chi connectivity index (χ3n) is 2.19. The highest BCUT2D eigenvalue weighted by Crippen LogP contribution is 2.23. The fraction of sp³-hybridized carbons (Fsp3) is 0.222. The van der Waals surface area contributed by atoms with Gasteiger partial charge in [0.1, 0.15) is 5.75 Å². The number of benzene rings is 1. The first-order valence-electron chi connectivity index (χ1n) is 4.48. The Morgan fingerprint density at radius 2 is 2.27 bits per heavy atom. The second kappa shape index (κ2) is 3.66. The van der Waals surface area contributed by atoms with E-state index in [0.717, 1.165) is 11.4 Å². The number of ether oxygens (including phenoxy) is 1. The van der Waals surface area contributed by atoms with Gasteiger partial charge in [-0.15, -0.1) is 10.6 Å². The zero-order valence-electron chi connectivity index (χ0n) is 8.61. The maximum Gasteiger partial charge on any atom is 0.172 e. The molecule has 2 rings (SSSR count). The van der Waals surface area contributed by atoms with E-state index in [-0.39, 0.29) is 0 Å². The molecule has 0 aliphatic carbocycles. The van der Waals surface area contributed by atoms with Gasteiger partial charge in [-0.2, -0.15) is 0 Å². The van der Waals surface area contributed by atoms with Gasteiger partial charge >= 0.3 is 0 Å². The number of nitrogens with two attached hydrogens (primary N) is 1. The van der Waals surface area contributed by atoms with Crippen molar-refractivity contribution < 1.29 is 4.74 Å². The maximum atomic E-state index is 5.72. The lowest BCUT2D eigenvalue weighted by Gasteiger charge is -2.13. The van der Waals surface area contributed by atoms with E-state index in [1.807, 2.05) is 19.2 Å². The van der Waals surface area contributed by atoms with Crippen LogP contribution >= 0.6 is 0 Å². The van der Waals surface area contributed by atoms with Crippen molar-refractivity contribution in [2.45, 2.75) is 0 Å². The Labute approximate surface area is 87.6 Å². The average Bonchev–Trinajstić information content (AvgIpc) is 2.65. The van der Waals surface area contributed by atoms with Crippen LogP contribution in [0.5, 0.6) is 5.75 Å². The zero-order chi connectivity index (χ0) is 10.8. The number of hydrogen-bond acceptors (Lipinski definition) is 6. The lowest BCUT2D eigenvalue weighted by atomic mass is 10.1. The molecule has 0 radical (unpaired) electrons. The number of nitrogens with zero attached hydrogens (tertiary/aromatic N) is 2. The largest absolute Gasteiger partial charge is 0.495 e. The number of nitrogens with one attached hydrogen (secondary N) is 2. The average molecular weight is 207 g/mol. The SMILES string of the molecule is COc1cc(C2=NNNN2C)ccc1N. The minimum absolute atomic E-state index is 0.614. The van der Waals surface area contributed by atoms with Crippen molar-refractivity contribution >= 4 is 11.5 Å². The van der Waals surface area contributed by atoms with Crippen LogP contribution < -0.4 is 21.5 Å². The molecule has 0 aromatic heterocycles. The van der Waals surface area contributed by atoms with Gasteiger partial charge in [0.05, 0.1) is 12.8 Å². The van der Waals surface area contributed by atoms with Gasteiger partial charge in [0.25, 0.3) is 0 Å². The Bertz CT molecular complexity index is 403. The van der Waals surface area contributed by atoms with Crippen LogP contribution in [-0.4, -0.2) is 25.0 Å². The highest BCUT2D eigenvalue weighted by atomic mass is 16.5. The highest BCUT2D eigenvalue weighted by molar-refractivity contribution is 5.99. The van der Waals surface area contributed by atoms with E-state index in [1.165, 1.54) is 0 Å². The van der Waals surface area contributed by atoms with E-state index in [0.29, 0.717) is 11.4 Å². The molecule has 6 heteroatoms. The van der Waals surface area contributed by atoms with Crippen LogP contribution in [0.25, 0.3) is 0 Å². The topological polar surface area (TPSA) is 74.9 Å². The number of anilines is 1. The maximum absolute atomic E-state index is 5.72. The molecule has 0 unspecified atom stereocenters. The molecule has 15 heavy (non-hydrogen) atoms. The molecule has 4 N–H and O–H groups in total. The van der Waals surface area contributed by atoms with E-state index >= 15 is 0 Å². The molecule has 80 valence electrons. The first-order chi connectivity index (χ1) is 7.22. The summed E-state index contributed by atoms with van der Waals surface area (Å²) in [5, 5.41) is 5.85. The van der Waals surface area contributed by atoms with Crippen LogP contribution in [0.4, 0.5) is 5.69 Å².